The third-order valence-corrected chi connectivity index (χ3v) is 6.43. The van der Waals surface area contributed by atoms with Crippen molar-refractivity contribution in [2.75, 3.05) is 0 Å². The van der Waals surface area contributed by atoms with Gasteiger partial charge >= 0.3 is 0 Å². The smallest absolute Gasteiger partial charge is 0.0102 e. The van der Waals surface area contributed by atoms with Gasteiger partial charge in [-0.3, -0.25) is 0 Å². The summed E-state index contributed by atoms with van der Waals surface area (Å²) >= 11 is 0. The van der Waals surface area contributed by atoms with Crippen molar-refractivity contribution in [1.29, 1.82) is 0 Å². The fraction of sp³-hybridized carbons (Fsp3) is 0.412. The molecule has 0 saturated heterocycles. The second-order valence-corrected chi connectivity index (χ2v) is 11.7. The lowest BCUT2D eigenvalue weighted by molar-refractivity contribution is 0.588. The molecule has 0 amide bonds. The van der Waals surface area contributed by atoms with Crippen molar-refractivity contribution in [2.45, 2.75) is 91.9 Å². The van der Waals surface area contributed by atoms with Crippen molar-refractivity contribution in [1.82, 2.24) is 0 Å². The van der Waals surface area contributed by atoms with Crippen LogP contribution in [0.15, 0.2) is 79.4 Å². The van der Waals surface area contributed by atoms with Gasteiger partial charge in [0.15, 0.2) is 0 Å². The predicted molar refractivity (Wildman–Crippen MR) is 155 cm³/mol. The van der Waals surface area contributed by atoms with Crippen molar-refractivity contribution in [3.05, 3.63) is 102 Å². The van der Waals surface area contributed by atoms with E-state index in [2.05, 4.69) is 117 Å². The van der Waals surface area contributed by atoms with E-state index in [-0.39, 0.29) is 10.8 Å². The molecule has 0 nitrogen and oxygen atoms in total. The Bertz CT molecular complexity index is 1050. The van der Waals surface area contributed by atoms with Crippen LogP contribution in [0, 0.1) is 0 Å². The van der Waals surface area contributed by atoms with Gasteiger partial charge in [-0.2, -0.15) is 0 Å². The molecule has 0 spiro atoms. The molecule has 0 aliphatic carbocycles. The zero-order valence-corrected chi connectivity index (χ0v) is 23.0. The number of hydrogen-bond donors (Lipinski definition) is 0. The summed E-state index contributed by atoms with van der Waals surface area (Å²) < 4.78 is 0. The van der Waals surface area contributed by atoms with Gasteiger partial charge in [0, 0.05) is 0 Å². The molecule has 0 radical (unpaired) electrons. The lowest BCUT2D eigenvalue weighted by Gasteiger charge is -2.25. The summed E-state index contributed by atoms with van der Waals surface area (Å²) in [6.07, 6.45) is 12.9. The van der Waals surface area contributed by atoms with Gasteiger partial charge in [-0.25, -0.2) is 0 Å². The van der Waals surface area contributed by atoms with Gasteiger partial charge in [-0.1, -0.05) is 121 Å². The highest BCUT2D eigenvalue weighted by Crippen LogP contribution is 2.37. The molecule has 0 atom stereocenters. The van der Waals surface area contributed by atoms with Crippen molar-refractivity contribution in [2.24, 2.45) is 0 Å². The molecule has 0 bridgehead atoms. The summed E-state index contributed by atoms with van der Waals surface area (Å²) in [5.41, 5.74) is 10.7. The van der Waals surface area contributed by atoms with Crippen LogP contribution in [0.25, 0.3) is 16.7 Å². The molecule has 34 heavy (non-hydrogen) atoms. The van der Waals surface area contributed by atoms with E-state index >= 15 is 0 Å². The minimum Gasteiger partial charge on any atom is -0.0990 e. The molecular weight excluding hydrogens is 408 g/mol. The third-order valence-electron chi connectivity index (χ3n) is 6.43. The van der Waals surface area contributed by atoms with Gasteiger partial charge in [0.1, 0.15) is 0 Å². The Morgan fingerprint density at radius 2 is 1.38 bits per heavy atom. The average Bonchev–Trinajstić information content (AvgIpc) is 2.75. The van der Waals surface area contributed by atoms with Crippen LogP contribution in [0.1, 0.15) is 96.9 Å². The van der Waals surface area contributed by atoms with Gasteiger partial charge in [0.25, 0.3) is 0 Å². The summed E-state index contributed by atoms with van der Waals surface area (Å²) in [7, 11) is 0. The van der Waals surface area contributed by atoms with E-state index in [9.17, 15) is 0 Å². The van der Waals surface area contributed by atoms with Crippen molar-refractivity contribution in [3.8, 4) is 11.1 Å². The van der Waals surface area contributed by atoms with E-state index in [1.165, 1.54) is 51.8 Å². The van der Waals surface area contributed by atoms with Crippen LogP contribution in [0.3, 0.4) is 0 Å². The molecule has 0 heteroatoms. The molecule has 0 unspecified atom stereocenters. The first-order valence-electron chi connectivity index (χ1n) is 12.8. The van der Waals surface area contributed by atoms with Crippen LogP contribution >= 0.6 is 0 Å². The van der Waals surface area contributed by atoms with Gasteiger partial charge in [0.2, 0.25) is 0 Å². The van der Waals surface area contributed by atoms with E-state index in [1.807, 2.05) is 12.2 Å². The topological polar surface area (TPSA) is 0 Å². The highest BCUT2D eigenvalue weighted by molar-refractivity contribution is 5.87. The molecule has 0 aromatic heterocycles. The van der Waals surface area contributed by atoms with Crippen LogP contribution in [0.2, 0.25) is 0 Å². The molecule has 0 fully saturated rings. The Kier molecular flexibility index (Phi) is 9.51. The quantitative estimate of drug-likeness (QED) is 0.201. The first-order chi connectivity index (χ1) is 15.9. The predicted octanol–water partition coefficient (Wildman–Crippen LogP) is 10.4. The number of benzene rings is 2. The van der Waals surface area contributed by atoms with Gasteiger partial charge < -0.3 is 0 Å². The number of unbranched alkanes of at least 4 members (excludes halogenated alkanes) is 2. The maximum atomic E-state index is 4.11. The van der Waals surface area contributed by atoms with Crippen molar-refractivity contribution in [3.63, 3.8) is 0 Å². The Labute approximate surface area is 210 Å². The van der Waals surface area contributed by atoms with Gasteiger partial charge in [-0.05, 0) is 89.3 Å². The maximum Gasteiger partial charge on any atom is -0.0102 e. The van der Waals surface area contributed by atoms with Crippen molar-refractivity contribution < 1.29 is 0 Å². The fourth-order valence-corrected chi connectivity index (χ4v) is 4.26. The Balaban J connectivity index is 2.65. The van der Waals surface area contributed by atoms with E-state index in [0.717, 1.165) is 18.4 Å². The minimum atomic E-state index is 0.0809. The van der Waals surface area contributed by atoms with E-state index in [1.54, 1.807) is 0 Å². The molecule has 2 rings (SSSR count). The molecule has 182 valence electrons. The van der Waals surface area contributed by atoms with Crippen LogP contribution in [-0.2, 0) is 17.3 Å². The lowest BCUT2D eigenvalue weighted by atomic mass is 9.80. The summed E-state index contributed by atoms with van der Waals surface area (Å²) in [5.74, 6) is 0. The first-order valence-corrected chi connectivity index (χ1v) is 12.8. The summed E-state index contributed by atoms with van der Waals surface area (Å²) in [4.78, 5) is 0. The standard InChI is InChI=1S/C34H46/c1-11-16-26(12-2)32-24-29(34(8,9)10)20-22-31(32)30-21-19-28(33(5,6)7)23-27(30)18-15-13-14-17-25(3)4/h11-12,16-17,19-24H,1-2,13-15,18H2,3-10H3/b26-16+. The molecule has 2 aromatic carbocycles. The molecule has 0 aliphatic heterocycles. The second kappa shape index (κ2) is 11.7. The van der Waals surface area contributed by atoms with Crippen LogP contribution in [0.4, 0.5) is 0 Å². The lowest BCUT2D eigenvalue weighted by Crippen LogP contribution is -2.13. The van der Waals surface area contributed by atoms with E-state index in [0.29, 0.717) is 0 Å². The second-order valence-electron chi connectivity index (χ2n) is 11.7. The SMILES string of the molecule is C=C/C=C(\C=C)c1cc(C(C)(C)C)ccc1-c1ccc(C(C)(C)C)cc1CCCCC=C(C)C. The van der Waals surface area contributed by atoms with Gasteiger partial charge in [-0.15, -0.1) is 0 Å². The highest BCUT2D eigenvalue weighted by atomic mass is 14.2. The molecule has 2 aromatic rings. The first kappa shape index (κ1) is 27.6. The number of allylic oxidation sites excluding steroid dienone is 6. The molecular formula is C34H46. The van der Waals surface area contributed by atoms with Crippen molar-refractivity contribution >= 4 is 5.57 Å². The summed E-state index contributed by atoms with van der Waals surface area (Å²) in [5, 5.41) is 0. The monoisotopic (exact) mass is 454 g/mol. The van der Waals surface area contributed by atoms with Gasteiger partial charge in [0.05, 0.1) is 0 Å². The van der Waals surface area contributed by atoms with Crippen LogP contribution in [-0.4, -0.2) is 0 Å². The molecule has 0 heterocycles. The molecule has 0 aliphatic rings. The third kappa shape index (κ3) is 7.45. The number of rotatable bonds is 9. The number of aryl methyl sites for hydroxylation is 1. The zero-order valence-electron chi connectivity index (χ0n) is 23.0. The Morgan fingerprint density at radius 3 is 1.91 bits per heavy atom. The minimum absolute atomic E-state index is 0.0809. The number of hydrogen-bond acceptors (Lipinski definition) is 0. The van der Waals surface area contributed by atoms with E-state index < -0.39 is 0 Å². The fourth-order valence-electron chi connectivity index (χ4n) is 4.26. The molecule has 0 N–H and O–H groups in total. The zero-order chi connectivity index (χ0) is 25.5. The van der Waals surface area contributed by atoms with E-state index in [4.69, 9.17) is 0 Å². The van der Waals surface area contributed by atoms with Crippen LogP contribution in [0.5, 0.6) is 0 Å². The maximum absolute atomic E-state index is 4.11. The van der Waals surface area contributed by atoms with Crippen LogP contribution < -0.4 is 0 Å². The normalized spacial score (nSPS) is 12.4. The molecule has 0 saturated carbocycles. The largest absolute Gasteiger partial charge is 0.0990 e. The Hall–Kier alpha value is -2.60. The average molecular weight is 455 g/mol. The highest BCUT2D eigenvalue weighted by Gasteiger charge is 2.20. The Morgan fingerprint density at radius 1 is 0.794 bits per heavy atom. The summed E-state index contributed by atoms with van der Waals surface area (Å²) in [6, 6.07) is 14.1. The summed E-state index contributed by atoms with van der Waals surface area (Å²) in [6.45, 7) is 26.1.